The normalized spacial score (nSPS) is 12.5. The minimum atomic E-state index is -0.791. The molecule has 0 aliphatic heterocycles. The lowest BCUT2D eigenvalue weighted by molar-refractivity contribution is -0.137. The number of aliphatic carboxylic acids is 1. The van der Waals surface area contributed by atoms with Gasteiger partial charge >= 0.3 is 5.97 Å². The van der Waals surface area contributed by atoms with Crippen molar-refractivity contribution in [3.8, 4) is 0 Å². The quantitative estimate of drug-likeness (QED) is 0.408. The average Bonchev–Trinajstić information content (AvgIpc) is 1.82. The minimum absolute atomic E-state index is 0.128. The number of nitrogens with one attached hydrogen (secondary N) is 1. The Labute approximate surface area is 65.9 Å². The molecule has 1 unspecified atom stereocenters. The molecule has 0 aromatic heterocycles. The summed E-state index contributed by atoms with van der Waals surface area (Å²) < 4.78 is 0. The van der Waals surface area contributed by atoms with Crippen molar-refractivity contribution in [3.63, 3.8) is 0 Å². The topological polar surface area (TPSA) is 87.2 Å². The first kappa shape index (κ1) is 9.94. The Balaban J connectivity index is 3.44. The Morgan fingerprint density at radius 3 is 2.64 bits per heavy atom. The molecule has 4 heteroatoms. The molecule has 0 rings (SSSR count). The van der Waals surface area contributed by atoms with Gasteiger partial charge in [0.2, 0.25) is 0 Å². The summed E-state index contributed by atoms with van der Waals surface area (Å²) in [6.45, 7) is 1.89. The Hall–Kier alpha value is -1.06. The first-order valence-corrected chi connectivity index (χ1v) is 3.57. The first-order chi connectivity index (χ1) is 5.02. The third-order valence-corrected chi connectivity index (χ3v) is 1.42. The van der Waals surface area contributed by atoms with Crippen LogP contribution in [-0.4, -0.2) is 16.9 Å². The highest BCUT2D eigenvalue weighted by atomic mass is 16.4. The van der Waals surface area contributed by atoms with Crippen molar-refractivity contribution in [1.29, 1.82) is 5.41 Å². The SMILES string of the molecule is CC(CCC(=O)O)CC(=N)N. The number of carboxylic acids is 1. The zero-order valence-corrected chi connectivity index (χ0v) is 6.63. The molecule has 0 aliphatic carbocycles. The highest BCUT2D eigenvalue weighted by Crippen LogP contribution is 2.08. The molecule has 4 N–H and O–H groups in total. The maximum absolute atomic E-state index is 10.1. The molecule has 0 saturated carbocycles. The van der Waals surface area contributed by atoms with Crippen molar-refractivity contribution in [2.75, 3.05) is 0 Å². The van der Waals surface area contributed by atoms with E-state index in [0.717, 1.165) is 0 Å². The highest BCUT2D eigenvalue weighted by Gasteiger charge is 2.05. The van der Waals surface area contributed by atoms with Crippen LogP contribution in [0.3, 0.4) is 0 Å². The Morgan fingerprint density at radius 2 is 2.27 bits per heavy atom. The predicted octanol–water partition coefficient (Wildman–Crippen LogP) is 0.813. The molecule has 0 radical (unpaired) electrons. The van der Waals surface area contributed by atoms with E-state index in [2.05, 4.69) is 0 Å². The number of amidine groups is 1. The van der Waals surface area contributed by atoms with E-state index in [1.165, 1.54) is 0 Å². The fourth-order valence-corrected chi connectivity index (χ4v) is 0.847. The molecule has 0 saturated heterocycles. The molecular weight excluding hydrogens is 144 g/mol. The van der Waals surface area contributed by atoms with Gasteiger partial charge in [-0.15, -0.1) is 0 Å². The van der Waals surface area contributed by atoms with Gasteiger partial charge in [0.25, 0.3) is 0 Å². The van der Waals surface area contributed by atoms with Gasteiger partial charge in [0.05, 0.1) is 5.84 Å². The minimum Gasteiger partial charge on any atom is -0.481 e. The Morgan fingerprint density at radius 1 is 1.73 bits per heavy atom. The third-order valence-electron chi connectivity index (χ3n) is 1.42. The smallest absolute Gasteiger partial charge is 0.303 e. The second-order valence-electron chi connectivity index (χ2n) is 2.77. The molecule has 0 heterocycles. The molecule has 0 aliphatic rings. The Kier molecular flexibility index (Phi) is 4.26. The summed E-state index contributed by atoms with van der Waals surface area (Å²) >= 11 is 0. The van der Waals surface area contributed by atoms with Crippen molar-refractivity contribution in [3.05, 3.63) is 0 Å². The number of carbonyl (C=O) groups is 1. The van der Waals surface area contributed by atoms with Crippen LogP contribution >= 0.6 is 0 Å². The fraction of sp³-hybridized carbons (Fsp3) is 0.714. The second-order valence-corrected chi connectivity index (χ2v) is 2.77. The number of hydrogen-bond donors (Lipinski definition) is 3. The first-order valence-electron chi connectivity index (χ1n) is 3.57. The predicted molar refractivity (Wildman–Crippen MR) is 42.6 cm³/mol. The third kappa shape index (κ3) is 6.83. The van der Waals surface area contributed by atoms with E-state index in [9.17, 15) is 4.79 Å². The lowest BCUT2D eigenvalue weighted by atomic mass is 10.0. The maximum Gasteiger partial charge on any atom is 0.303 e. The summed E-state index contributed by atoms with van der Waals surface area (Å²) in [5.41, 5.74) is 5.14. The van der Waals surface area contributed by atoms with E-state index in [-0.39, 0.29) is 18.2 Å². The second kappa shape index (κ2) is 4.71. The summed E-state index contributed by atoms with van der Waals surface area (Å²) in [6.07, 6.45) is 1.25. The molecule has 11 heavy (non-hydrogen) atoms. The van der Waals surface area contributed by atoms with Crippen LogP contribution in [0, 0.1) is 11.3 Å². The van der Waals surface area contributed by atoms with Crippen LogP contribution in [0.5, 0.6) is 0 Å². The fourth-order valence-electron chi connectivity index (χ4n) is 0.847. The van der Waals surface area contributed by atoms with E-state index in [1.807, 2.05) is 6.92 Å². The van der Waals surface area contributed by atoms with Gasteiger partial charge in [0.15, 0.2) is 0 Å². The van der Waals surface area contributed by atoms with Gasteiger partial charge in [-0.1, -0.05) is 6.92 Å². The van der Waals surface area contributed by atoms with Gasteiger partial charge in [0.1, 0.15) is 0 Å². The number of carboxylic acid groups (broad SMARTS) is 1. The maximum atomic E-state index is 10.1. The van der Waals surface area contributed by atoms with Gasteiger partial charge in [-0.05, 0) is 12.3 Å². The number of nitrogens with two attached hydrogens (primary N) is 1. The van der Waals surface area contributed by atoms with Crippen molar-refractivity contribution >= 4 is 11.8 Å². The average molecular weight is 158 g/mol. The Bertz CT molecular complexity index is 157. The van der Waals surface area contributed by atoms with Gasteiger partial charge in [-0.2, -0.15) is 0 Å². The molecule has 1 atom stereocenters. The summed E-state index contributed by atoms with van der Waals surface area (Å²) in [4.78, 5) is 10.1. The molecule has 0 amide bonds. The molecule has 0 bridgehead atoms. The van der Waals surface area contributed by atoms with Gasteiger partial charge in [-0.3, -0.25) is 10.2 Å². The summed E-state index contributed by atoms with van der Waals surface area (Å²) in [5, 5.41) is 15.3. The summed E-state index contributed by atoms with van der Waals surface area (Å²) in [5.74, 6) is -0.466. The van der Waals surface area contributed by atoms with Crippen LogP contribution < -0.4 is 5.73 Å². The molecule has 0 fully saturated rings. The van der Waals surface area contributed by atoms with Crippen LogP contribution in [0.4, 0.5) is 0 Å². The van der Waals surface area contributed by atoms with Crippen LogP contribution in [0.2, 0.25) is 0 Å². The van der Waals surface area contributed by atoms with Crippen molar-refractivity contribution in [2.24, 2.45) is 11.7 Å². The number of rotatable bonds is 5. The summed E-state index contributed by atoms with van der Waals surface area (Å²) in [7, 11) is 0. The van der Waals surface area contributed by atoms with Crippen LogP contribution in [-0.2, 0) is 4.79 Å². The highest BCUT2D eigenvalue weighted by molar-refractivity contribution is 5.77. The lowest BCUT2D eigenvalue weighted by Gasteiger charge is -2.06. The molecule has 0 spiro atoms. The molecular formula is C7H14N2O2. The zero-order valence-electron chi connectivity index (χ0n) is 6.63. The van der Waals surface area contributed by atoms with Gasteiger partial charge in [0, 0.05) is 12.8 Å². The van der Waals surface area contributed by atoms with E-state index in [1.54, 1.807) is 0 Å². The molecule has 4 nitrogen and oxygen atoms in total. The van der Waals surface area contributed by atoms with Crippen LogP contribution in [0.25, 0.3) is 0 Å². The zero-order chi connectivity index (χ0) is 8.85. The van der Waals surface area contributed by atoms with Crippen LogP contribution in [0.15, 0.2) is 0 Å². The van der Waals surface area contributed by atoms with Crippen molar-refractivity contribution < 1.29 is 9.90 Å². The number of hydrogen-bond acceptors (Lipinski definition) is 2. The van der Waals surface area contributed by atoms with E-state index >= 15 is 0 Å². The van der Waals surface area contributed by atoms with Crippen LogP contribution in [0.1, 0.15) is 26.2 Å². The van der Waals surface area contributed by atoms with Crippen molar-refractivity contribution in [2.45, 2.75) is 26.2 Å². The molecule has 0 aromatic carbocycles. The lowest BCUT2D eigenvalue weighted by Crippen LogP contribution is -2.14. The van der Waals surface area contributed by atoms with Gasteiger partial charge < -0.3 is 10.8 Å². The molecule has 0 aromatic rings. The van der Waals surface area contributed by atoms with Crippen molar-refractivity contribution in [1.82, 2.24) is 0 Å². The van der Waals surface area contributed by atoms with E-state index < -0.39 is 5.97 Å². The summed E-state index contributed by atoms with van der Waals surface area (Å²) in [6, 6.07) is 0. The van der Waals surface area contributed by atoms with E-state index in [0.29, 0.717) is 12.8 Å². The molecule has 64 valence electrons. The largest absolute Gasteiger partial charge is 0.481 e. The van der Waals surface area contributed by atoms with Gasteiger partial charge in [-0.25, -0.2) is 0 Å². The standard InChI is InChI=1S/C7H14N2O2/c1-5(4-6(8)9)2-3-7(10)11/h5H,2-4H2,1H3,(H3,8,9)(H,10,11). The monoisotopic (exact) mass is 158 g/mol. The van der Waals surface area contributed by atoms with E-state index in [4.69, 9.17) is 16.2 Å².